The average Bonchev–Trinajstić information content (AvgIpc) is 2.97. The molecule has 13 nitrogen and oxygen atoms in total. The maximum Gasteiger partial charge on any atom is 0.330 e. The standard InChI is InChI=1S/C30H26O13/c31-16-5-3-15(4-6-16)29-23(12-18-20(34)10-17(32)11-22(18)41-29)42-30-28(39)27(38)26(37)24(43-30)13-40-25(36)8-2-14-1-7-19(33)21(35)9-14/h1-12,24,26-28,30-31,33-35,37-39H,13H2/b8-2+/t24-,26-,27+,28-,30-/m1/s1. The van der Waals surface area contributed by atoms with E-state index in [1.807, 2.05) is 0 Å². The summed E-state index contributed by atoms with van der Waals surface area (Å²) < 4.78 is 22.5. The predicted octanol–water partition coefficient (Wildman–Crippen LogP) is 1.68. The van der Waals surface area contributed by atoms with Crippen molar-refractivity contribution in [1.29, 1.82) is 0 Å². The second-order valence-electron chi connectivity index (χ2n) is 9.68. The molecule has 0 amide bonds. The highest BCUT2D eigenvalue weighted by atomic mass is 16.7. The van der Waals surface area contributed by atoms with Gasteiger partial charge >= 0.3 is 5.97 Å². The maximum absolute atomic E-state index is 12.3. The summed E-state index contributed by atoms with van der Waals surface area (Å²) in [6.07, 6.45) is -5.91. The van der Waals surface area contributed by atoms with Gasteiger partial charge < -0.3 is 54.4 Å². The van der Waals surface area contributed by atoms with Gasteiger partial charge in [-0.25, -0.2) is 4.79 Å². The zero-order chi connectivity index (χ0) is 30.8. The highest BCUT2D eigenvalue weighted by Gasteiger charge is 2.46. The quantitative estimate of drug-likeness (QED) is 0.0922. The molecule has 0 unspecified atom stereocenters. The second-order valence-corrected chi connectivity index (χ2v) is 9.68. The molecular weight excluding hydrogens is 568 g/mol. The van der Waals surface area contributed by atoms with Crippen LogP contribution in [-0.2, 0) is 14.3 Å². The number of benzene rings is 3. The van der Waals surface area contributed by atoms with Crippen LogP contribution in [0.3, 0.4) is 0 Å². The van der Waals surface area contributed by atoms with E-state index in [1.54, 1.807) is 0 Å². The Morgan fingerprint density at radius 2 is 1.58 bits per heavy atom. The van der Waals surface area contributed by atoms with E-state index >= 15 is 0 Å². The van der Waals surface area contributed by atoms with Crippen molar-refractivity contribution in [2.24, 2.45) is 0 Å². The molecule has 0 saturated carbocycles. The molecule has 2 aliphatic heterocycles. The van der Waals surface area contributed by atoms with Gasteiger partial charge in [0.15, 0.2) is 28.4 Å². The third-order valence-corrected chi connectivity index (χ3v) is 6.65. The Balaban J connectivity index is 1.37. The minimum absolute atomic E-state index is 0.0151. The number of ether oxygens (including phenoxy) is 3. The van der Waals surface area contributed by atoms with Crippen molar-refractivity contribution in [3.8, 4) is 51.4 Å². The Morgan fingerprint density at radius 1 is 0.837 bits per heavy atom. The van der Waals surface area contributed by atoms with E-state index in [-0.39, 0.29) is 40.1 Å². The molecule has 0 bridgehead atoms. The lowest BCUT2D eigenvalue weighted by molar-refractivity contribution is -0.278. The number of esters is 1. The van der Waals surface area contributed by atoms with Crippen molar-refractivity contribution in [3.05, 3.63) is 82.5 Å². The Bertz CT molecular complexity index is 1680. The molecule has 5 atom stereocenters. The molecule has 2 aromatic rings. The van der Waals surface area contributed by atoms with E-state index < -0.39 is 54.5 Å². The summed E-state index contributed by atoms with van der Waals surface area (Å²) >= 11 is 0. The van der Waals surface area contributed by atoms with Crippen molar-refractivity contribution < 1.29 is 59.2 Å². The molecule has 43 heavy (non-hydrogen) atoms. The normalized spacial score (nSPS) is 22.1. The van der Waals surface area contributed by atoms with Gasteiger partial charge in [0.25, 0.3) is 0 Å². The Morgan fingerprint density at radius 3 is 2.30 bits per heavy atom. The fourth-order valence-corrected chi connectivity index (χ4v) is 4.37. The number of phenols is 4. The van der Waals surface area contributed by atoms with Crippen LogP contribution >= 0.6 is 0 Å². The number of phenolic OH excluding ortho intramolecular Hbond substituents is 4. The average molecular weight is 595 g/mol. The lowest BCUT2D eigenvalue weighted by atomic mass is 9.99. The number of carbonyl (C=O) groups is 1. The van der Waals surface area contributed by atoms with Gasteiger partial charge in [0.1, 0.15) is 48.3 Å². The zero-order valence-corrected chi connectivity index (χ0v) is 22.1. The number of carbonyl (C=O) groups excluding carboxylic acids is 1. The van der Waals surface area contributed by atoms with Gasteiger partial charge in [0, 0.05) is 23.8 Å². The van der Waals surface area contributed by atoms with Crippen LogP contribution in [0.25, 0.3) is 28.7 Å². The predicted molar refractivity (Wildman–Crippen MR) is 147 cm³/mol. The number of fused-ring (bicyclic) bond motifs is 1. The Labute approximate surface area is 242 Å². The van der Waals surface area contributed by atoms with E-state index in [9.17, 15) is 45.3 Å². The van der Waals surface area contributed by atoms with Gasteiger partial charge in [-0.1, -0.05) is 6.07 Å². The molecule has 224 valence electrons. The number of hydrogen-bond donors (Lipinski definition) is 7. The molecular formula is C30H26O13. The summed E-state index contributed by atoms with van der Waals surface area (Å²) in [5.74, 6) is -2.10. The number of rotatable bonds is 7. The van der Waals surface area contributed by atoms with Gasteiger partial charge in [-0.2, -0.15) is 0 Å². The van der Waals surface area contributed by atoms with E-state index in [2.05, 4.69) is 0 Å². The smallest absolute Gasteiger partial charge is 0.330 e. The molecule has 1 aliphatic carbocycles. The van der Waals surface area contributed by atoms with Crippen LogP contribution in [0.5, 0.6) is 28.7 Å². The first-order chi connectivity index (χ1) is 20.5. The van der Waals surface area contributed by atoms with Crippen LogP contribution in [0.15, 0.2) is 76.0 Å². The highest BCUT2D eigenvalue weighted by Crippen LogP contribution is 2.41. The van der Waals surface area contributed by atoms with Crippen LogP contribution in [0, 0.1) is 0 Å². The maximum atomic E-state index is 12.3. The highest BCUT2D eigenvalue weighted by molar-refractivity contribution is 5.87. The number of aromatic hydroxyl groups is 4. The first-order valence-electron chi connectivity index (χ1n) is 12.8. The largest absolute Gasteiger partial charge is 0.508 e. The number of hydrogen-bond acceptors (Lipinski definition) is 13. The van der Waals surface area contributed by atoms with Crippen LogP contribution in [0.4, 0.5) is 0 Å². The topological polar surface area (TPSA) is 217 Å². The molecule has 0 aromatic heterocycles. The molecule has 3 aliphatic rings. The van der Waals surface area contributed by atoms with E-state index in [0.717, 1.165) is 18.2 Å². The Hall–Kier alpha value is -5.08. The summed E-state index contributed by atoms with van der Waals surface area (Å²) in [5.41, 5.74) is 0.324. The van der Waals surface area contributed by atoms with Crippen LogP contribution in [0.1, 0.15) is 5.56 Å². The van der Waals surface area contributed by atoms with Crippen LogP contribution < -0.4 is 10.2 Å². The molecule has 0 radical (unpaired) electrons. The minimum Gasteiger partial charge on any atom is -0.508 e. The molecule has 2 aromatic carbocycles. The third-order valence-electron chi connectivity index (χ3n) is 6.65. The summed E-state index contributed by atoms with van der Waals surface area (Å²) in [7, 11) is 0. The monoisotopic (exact) mass is 594 g/mol. The van der Waals surface area contributed by atoms with Crippen molar-refractivity contribution in [1.82, 2.24) is 0 Å². The van der Waals surface area contributed by atoms with Gasteiger partial charge in [-0.15, -0.1) is 0 Å². The second kappa shape index (κ2) is 12.0. The summed E-state index contributed by atoms with van der Waals surface area (Å²) in [4.78, 5) is 24.2. The summed E-state index contributed by atoms with van der Waals surface area (Å²) in [5, 5.41) is 70.6. The Kier molecular flexibility index (Phi) is 8.23. The lowest BCUT2D eigenvalue weighted by Gasteiger charge is -2.40. The number of aliphatic hydroxyl groups is 3. The molecule has 1 fully saturated rings. The molecule has 2 heterocycles. The summed E-state index contributed by atoms with van der Waals surface area (Å²) in [6.45, 7) is -0.561. The number of aliphatic hydroxyl groups excluding tert-OH is 3. The zero-order valence-electron chi connectivity index (χ0n) is 22.1. The minimum atomic E-state index is -1.79. The van der Waals surface area contributed by atoms with Crippen molar-refractivity contribution >= 4 is 12.0 Å². The van der Waals surface area contributed by atoms with Gasteiger partial charge in [0.05, 0.1) is 5.56 Å². The fourth-order valence-electron chi connectivity index (χ4n) is 4.37. The van der Waals surface area contributed by atoms with Crippen molar-refractivity contribution in [2.45, 2.75) is 30.7 Å². The first-order valence-corrected chi connectivity index (χ1v) is 12.8. The van der Waals surface area contributed by atoms with Crippen LogP contribution in [-0.4, -0.2) is 79.0 Å². The molecule has 1 saturated heterocycles. The summed E-state index contributed by atoms with van der Waals surface area (Å²) in [6, 6.07) is 13.1. The van der Waals surface area contributed by atoms with Crippen molar-refractivity contribution in [3.63, 3.8) is 0 Å². The molecule has 13 heteroatoms. The van der Waals surface area contributed by atoms with E-state index in [0.29, 0.717) is 11.1 Å². The van der Waals surface area contributed by atoms with Gasteiger partial charge in [-0.3, -0.25) is 4.79 Å². The SMILES string of the molecule is O=C(/C=C/c1ccc(O)c(O)c1)OC[C@H]1O[C@@H](Oc2cc3c(O)cc(=O)cc-3oc2-c2ccc(O)cc2)[C@H](O)[C@@H](O)[C@@H]1O. The van der Waals surface area contributed by atoms with Gasteiger partial charge in [0.2, 0.25) is 6.29 Å². The third kappa shape index (κ3) is 6.39. The molecule has 7 N–H and O–H groups in total. The lowest BCUT2D eigenvalue weighted by Crippen LogP contribution is -2.60. The first kappa shape index (κ1) is 29.4. The van der Waals surface area contributed by atoms with E-state index in [1.165, 1.54) is 54.6 Å². The molecule has 0 spiro atoms. The van der Waals surface area contributed by atoms with Crippen LogP contribution in [0.2, 0.25) is 0 Å². The molecule has 5 rings (SSSR count). The fraction of sp³-hybridized carbons (Fsp3) is 0.200. The van der Waals surface area contributed by atoms with E-state index in [4.69, 9.17) is 18.6 Å². The van der Waals surface area contributed by atoms with Gasteiger partial charge in [-0.05, 0) is 54.1 Å². The van der Waals surface area contributed by atoms with Crippen molar-refractivity contribution in [2.75, 3.05) is 6.61 Å².